The first-order valence-corrected chi connectivity index (χ1v) is 28.5. The summed E-state index contributed by atoms with van der Waals surface area (Å²) < 4.78 is 17.5. The predicted molar refractivity (Wildman–Crippen MR) is 279 cm³/mol. The number of rotatable bonds is 53. The third-order valence-corrected chi connectivity index (χ3v) is 12.7. The highest BCUT2D eigenvalue weighted by molar-refractivity contribution is 5.70. The number of carbonyl (C=O) groups is 2. The molecule has 0 amide bonds. The van der Waals surface area contributed by atoms with E-state index in [0.717, 1.165) is 57.8 Å². The van der Waals surface area contributed by atoms with Crippen molar-refractivity contribution in [3.05, 3.63) is 36.5 Å². The Bertz CT molecular complexity index is 1020. The van der Waals surface area contributed by atoms with Crippen LogP contribution >= 0.6 is 0 Å². The van der Waals surface area contributed by atoms with Crippen molar-refractivity contribution in [3.8, 4) is 0 Å². The lowest BCUT2D eigenvalue weighted by Crippen LogP contribution is -2.30. The van der Waals surface area contributed by atoms with E-state index in [1.54, 1.807) is 0 Å². The molecule has 0 aromatic carbocycles. The van der Waals surface area contributed by atoms with Crippen molar-refractivity contribution in [2.24, 2.45) is 0 Å². The van der Waals surface area contributed by atoms with E-state index in [4.69, 9.17) is 14.2 Å². The van der Waals surface area contributed by atoms with E-state index in [9.17, 15) is 9.59 Å². The molecule has 376 valence electrons. The Hall–Kier alpha value is -1.88. The van der Waals surface area contributed by atoms with Crippen molar-refractivity contribution in [1.29, 1.82) is 0 Å². The minimum Gasteiger partial charge on any atom is -0.462 e. The molecule has 1 atom stereocenters. The Labute approximate surface area is 400 Å². The fourth-order valence-electron chi connectivity index (χ4n) is 8.40. The van der Waals surface area contributed by atoms with Crippen LogP contribution in [0.1, 0.15) is 303 Å². The largest absolute Gasteiger partial charge is 0.462 e. The van der Waals surface area contributed by atoms with Gasteiger partial charge in [0.15, 0.2) is 6.10 Å². The van der Waals surface area contributed by atoms with Crippen molar-refractivity contribution in [2.45, 2.75) is 309 Å². The monoisotopic (exact) mass is 899 g/mol. The first-order chi connectivity index (χ1) is 31.6. The minimum absolute atomic E-state index is 0.0849. The first-order valence-electron chi connectivity index (χ1n) is 28.5. The van der Waals surface area contributed by atoms with Crippen LogP contribution in [0.2, 0.25) is 0 Å². The summed E-state index contributed by atoms with van der Waals surface area (Å²) in [5.74, 6) is -0.392. The molecular weight excluding hydrogens is 789 g/mol. The van der Waals surface area contributed by atoms with Crippen LogP contribution in [-0.2, 0) is 23.8 Å². The highest BCUT2D eigenvalue weighted by Crippen LogP contribution is 2.16. The zero-order valence-electron chi connectivity index (χ0n) is 43.3. The molecule has 0 aliphatic rings. The zero-order valence-corrected chi connectivity index (χ0v) is 43.3. The molecule has 0 aromatic heterocycles. The molecule has 0 saturated heterocycles. The molecule has 0 spiro atoms. The second-order valence-corrected chi connectivity index (χ2v) is 19.2. The molecule has 0 rings (SSSR count). The van der Waals surface area contributed by atoms with E-state index in [0.29, 0.717) is 26.1 Å². The van der Waals surface area contributed by atoms with Gasteiger partial charge in [-0.25, -0.2) is 0 Å². The zero-order chi connectivity index (χ0) is 46.3. The van der Waals surface area contributed by atoms with Crippen LogP contribution in [-0.4, -0.2) is 37.9 Å². The third kappa shape index (κ3) is 52.7. The predicted octanol–water partition coefficient (Wildman–Crippen LogP) is 19.4. The summed E-state index contributed by atoms with van der Waals surface area (Å²) >= 11 is 0. The molecule has 0 radical (unpaired) electrons. The number of esters is 2. The van der Waals surface area contributed by atoms with Crippen LogP contribution in [0.5, 0.6) is 0 Å². The summed E-state index contributed by atoms with van der Waals surface area (Å²) in [6, 6.07) is 0. The van der Waals surface area contributed by atoms with Crippen molar-refractivity contribution < 1.29 is 23.8 Å². The molecular formula is C59H110O5. The minimum atomic E-state index is -0.535. The molecule has 0 bridgehead atoms. The SMILES string of the molecule is CCCCC/C=C\C/C=C\C/C=C\CCCCCCCCC(=O)OCC(COCCCCCCCCCCCCCC)OC(=O)CCCCCCCCCCCCCCCCCCC. The van der Waals surface area contributed by atoms with Gasteiger partial charge in [-0.2, -0.15) is 0 Å². The Balaban J connectivity index is 4.22. The average Bonchev–Trinajstić information content (AvgIpc) is 3.30. The standard InChI is InChI=1S/C59H110O5/c1-4-7-10-13-16-19-22-25-27-29-30-32-33-35-37-40-43-46-49-52-58(60)63-56-57(55-62-54-51-48-45-42-39-24-21-18-15-12-9-6-3)64-59(61)53-50-47-44-41-38-36-34-31-28-26-23-20-17-14-11-8-5-2/h16,19,25,27,30,32,57H,4-15,17-18,20-24,26,28-29,31,33-56H2,1-3H3/b19-16-,27-25-,32-30-. The Morgan fingerprint density at radius 1 is 0.344 bits per heavy atom. The summed E-state index contributed by atoms with van der Waals surface area (Å²) in [7, 11) is 0. The van der Waals surface area contributed by atoms with Gasteiger partial charge in [-0.1, -0.05) is 269 Å². The van der Waals surface area contributed by atoms with Crippen LogP contribution in [0, 0.1) is 0 Å². The second kappa shape index (κ2) is 55.4. The van der Waals surface area contributed by atoms with Gasteiger partial charge in [0.1, 0.15) is 6.61 Å². The fraction of sp³-hybridized carbons (Fsp3) is 0.864. The van der Waals surface area contributed by atoms with E-state index < -0.39 is 6.10 Å². The fourth-order valence-corrected chi connectivity index (χ4v) is 8.40. The van der Waals surface area contributed by atoms with Gasteiger partial charge < -0.3 is 14.2 Å². The number of carbonyl (C=O) groups excluding carboxylic acids is 2. The van der Waals surface area contributed by atoms with Crippen LogP contribution < -0.4 is 0 Å². The van der Waals surface area contributed by atoms with Gasteiger partial charge in [0.05, 0.1) is 6.61 Å². The van der Waals surface area contributed by atoms with Gasteiger partial charge >= 0.3 is 11.9 Å². The summed E-state index contributed by atoms with van der Waals surface area (Å²) in [4.78, 5) is 25.5. The molecule has 0 aromatic rings. The van der Waals surface area contributed by atoms with Gasteiger partial charge in [-0.3, -0.25) is 9.59 Å². The molecule has 0 N–H and O–H groups in total. The maximum absolute atomic E-state index is 12.8. The van der Waals surface area contributed by atoms with E-state index in [2.05, 4.69) is 57.2 Å². The van der Waals surface area contributed by atoms with E-state index in [1.165, 1.54) is 212 Å². The maximum atomic E-state index is 12.8. The van der Waals surface area contributed by atoms with Crippen LogP contribution in [0.25, 0.3) is 0 Å². The number of allylic oxidation sites excluding steroid dienone is 6. The smallest absolute Gasteiger partial charge is 0.306 e. The number of unbranched alkanes of at least 4 members (excludes halogenated alkanes) is 36. The molecule has 64 heavy (non-hydrogen) atoms. The molecule has 5 heteroatoms. The summed E-state index contributed by atoms with van der Waals surface area (Å²) in [5, 5.41) is 0. The van der Waals surface area contributed by atoms with Crippen LogP contribution in [0.4, 0.5) is 0 Å². The first kappa shape index (κ1) is 62.1. The maximum Gasteiger partial charge on any atom is 0.306 e. The summed E-state index contributed by atoms with van der Waals surface area (Å²) in [6.07, 6.45) is 67.3. The molecule has 0 aliphatic heterocycles. The Morgan fingerprint density at radius 3 is 1.08 bits per heavy atom. The highest BCUT2D eigenvalue weighted by atomic mass is 16.6. The van der Waals surface area contributed by atoms with E-state index in [-0.39, 0.29) is 18.5 Å². The molecule has 0 heterocycles. The van der Waals surface area contributed by atoms with Crippen LogP contribution in [0.15, 0.2) is 36.5 Å². The lowest BCUT2D eigenvalue weighted by Gasteiger charge is -2.18. The third-order valence-electron chi connectivity index (χ3n) is 12.7. The van der Waals surface area contributed by atoms with E-state index >= 15 is 0 Å². The second-order valence-electron chi connectivity index (χ2n) is 19.2. The lowest BCUT2D eigenvalue weighted by atomic mass is 10.0. The summed E-state index contributed by atoms with van der Waals surface area (Å²) in [5.41, 5.74) is 0. The molecule has 5 nitrogen and oxygen atoms in total. The van der Waals surface area contributed by atoms with Gasteiger partial charge in [-0.15, -0.1) is 0 Å². The average molecular weight is 900 g/mol. The summed E-state index contributed by atoms with van der Waals surface area (Å²) in [6.45, 7) is 7.85. The van der Waals surface area contributed by atoms with Gasteiger partial charge in [0.2, 0.25) is 0 Å². The van der Waals surface area contributed by atoms with Crippen molar-refractivity contribution in [2.75, 3.05) is 19.8 Å². The van der Waals surface area contributed by atoms with Gasteiger partial charge in [0, 0.05) is 19.4 Å². The van der Waals surface area contributed by atoms with Gasteiger partial charge in [-0.05, 0) is 57.8 Å². The van der Waals surface area contributed by atoms with Crippen molar-refractivity contribution >= 4 is 11.9 Å². The Morgan fingerprint density at radius 2 is 0.656 bits per heavy atom. The molecule has 1 unspecified atom stereocenters. The van der Waals surface area contributed by atoms with E-state index in [1.807, 2.05) is 0 Å². The lowest BCUT2D eigenvalue weighted by molar-refractivity contribution is -0.163. The number of hydrogen-bond donors (Lipinski definition) is 0. The van der Waals surface area contributed by atoms with Crippen LogP contribution in [0.3, 0.4) is 0 Å². The topological polar surface area (TPSA) is 61.8 Å². The highest BCUT2D eigenvalue weighted by Gasteiger charge is 2.17. The molecule has 0 saturated carbocycles. The quantitative estimate of drug-likeness (QED) is 0.0346. The normalized spacial score (nSPS) is 12.4. The molecule has 0 aliphatic carbocycles. The molecule has 0 fully saturated rings. The Kier molecular flexibility index (Phi) is 53.8. The van der Waals surface area contributed by atoms with Crippen molar-refractivity contribution in [3.63, 3.8) is 0 Å². The van der Waals surface area contributed by atoms with Gasteiger partial charge in [0.25, 0.3) is 0 Å². The number of ether oxygens (including phenoxy) is 3. The number of hydrogen-bond acceptors (Lipinski definition) is 5. The van der Waals surface area contributed by atoms with Crippen molar-refractivity contribution in [1.82, 2.24) is 0 Å².